The molecule has 5 heteroatoms. The maximum Gasteiger partial charge on any atom is 0.185 e. The van der Waals surface area contributed by atoms with E-state index in [2.05, 4.69) is 4.90 Å². The van der Waals surface area contributed by atoms with Crippen molar-refractivity contribution in [1.82, 2.24) is 4.90 Å². The third-order valence-corrected chi connectivity index (χ3v) is 7.58. The Bertz CT molecular complexity index is 870. The Morgan fingerprint density at radius 2 is 1.61 bits per heavy atom. The minimum atomic E-state index is -3.64. The molecule has 1 atom stereocenters. The van der Waals surface area contributed by atoms with E-state index in [-0.39, 0.29) is 17.1 Å². The largest absolute Gasteiger partial charge is 0.303 e. The summed E-state index contributed by atoms with van der Waals surface area (Å²) in [5.74, 6) is 0.00936. The number of benzene rings is 2. The van der Waals surface area contributed by atoms with Crippen LogP contribution < -0.4 is 0 Å². The Hall–Kier alpha value is -1.98. The first-order valence-corrected chi connectivity index (χ1v) is 11.6. The first-order chi connectivity index (χ1) is 13.5. The molecule has 3 rings (SSSR count). The van der Waals surface area contributed by atoms with E-state index < -0.39 is 15.1 Å². The lowest BCUT2D eigenvalue weighted by molar-refractivity contribution is -0.119. The summed E-state index contributed by atoms with van der Waals surface area (Å²) >= 11 is 0. The number of Topliss-reactive ketones (excluding diaryl/α,β-unsaturated/α-hetero) is 1. The number of likely N-dealkylation sites (tertiary alicyclic amines) is 1. The molecular weight excluding hydrogens is 370 g/mol. The van der Waals surface area contributed by atoms with Crippen LogP contribution in [-0.2, 0) is 14.6 Å². The minimum absolute atomic E-state index is 0.00936. The molecule has 1 aliphatic heterocycles. The first kappa shape index (κ1) is 20.7. The molecule has 0 radical (unpaired) electrons. The molecule has 2 aromatic carbocycles. The van der Waals surface area contributed by atoms with Gasteiger partial charge in [0.25, 0.3) is 0 Å². The Morgan fingerprint density at radius 1 is 0.964 bits per heavy atom. The molecule has 1 heterocycles. The zero-order chi connectivity index (χ0) is 20.0. The number of carbonyl (C=O) groups excluding carboxylic acids is 1. The van der Waals surface area contributed by atoms with Crippen LogP contribution in [0.2, 0.25) is 0 Å². The molecule has 4 nitrogen and oxygen atoms in total. The smallest absolute Gasteiger partial charge is 0.185 e. The van der Waals surface area contributed by atoms with Crippen molar-refractivity contribution in [2.45, 2.75) is 49.2 Å². The molecule has 0 aromatic heterocycles. The van der Waals surface area contributed by atoms with Crippen LogP contribution >= 0.6 is 0 Å². The van der Waals surface area contributed by atoms with E-state index in [1.165, 1.54) is 19.3 Å². The van der Waals surface area contributed by atoms with E-state index >= 15 is 0 Å². The van der Waals surface area contributed by atoms with Crippen molar-refractivity contribution >= 4 is 15.6 Å². The predicted octanol–water partition coefficient (Wildman–Crippen LogP) is 4.35. The van der Waals surface area contributed by atoms with E-state index in [4.69, 9.17) is 0 Å². The molecule has 28 heavy (non-hydrogen) atoms. The van der Waals surface area contributed by atoms with Gasteiger partial charge in [-0.25, -0.2) is 8.42 Å². The van der Waals surface area contributed by atoms with E-state index in [0.29, 0.717) is 12.0 Å². The Morgan fingerprint density at radius 3 is 2.25 bits per heavy atom. The number of piperidine rings is 1. The van der Waals surface area contributed by atoms with Gasteiger partial charge in [0, 0.05) is 19.4 Å². The lowest BCUT2D eigenvalue weighted by Gasteiger charge is -2.26. The molecule has 2 aromatic rings. The van der Waals surface area contributed by atoms with Crippen molar-refractivity contribution in [3.05, 3.63) is 65.7 Å². The summed E-state index contributed by atoms with van der Waals surface area (Å²) in [5, 5.41) is -0.842. The number of hydrogen-bond acceptors (Lipinski definition) is 4. The maximum atomic E-state index is 13.3. The highest BCUT2D eigenvalue weighted by molar-refractivity contribution is 7.91. The molecule has 0 saturated carbocycles. The summed E-state index contributed by atoms with van der Waals surface area (Å²) in [6.45, 7) is 4.73. The molecular formula is C23H29NO3S. The third-order valence-electron chi connectivity index (χ3n) is 5.46. The van der Waals surface area contributed by atoms with Crippen molar-refractivity contribution in [1.29, 1.82) is 0 Å². The number of carbonyl (C=O) groups is 1. The van der Waals surface area contributed by atoms with Crippen molar-refractivity contribution in [3.8, 4) is 0 Å². The van der Waals surface area contributed by atoms with Crippen LogP contribution in [0.15, 0.2) is 59.5 Å². The van der Waals surface area contributed by atoms with Crippen LogP contribution in [0.25, 0.3) is 0 Å². The lowest BCUT2D eigenvalue weighted by atomic mass is 10.0. The SMILES string of the molecule is Cc1ccc(S(=O)(=O)[C@H](CC(=O)CCN2CCCCC2)c2ccccc2)cc1. The van der Waals surface area contributed by atoms with Crippen molar-refractivity contribution in [2.75, 3.05) is 19.6 Å². The van der Waals surface area contributed by atoms with Crippen LogP contribution in [0.5, 0.6) is 0 Å². The number of rotatable bonds is 8. The van der Waals surface area contributed by atoms with Gasteiger partial charge in [-0.05, 0) is 50.6 Å². The Balaban J connectivity index is 1.77. The van der Waals surface area contributed by atoms with Gasteiger partial charge in [-0.15, -0.1) is 0 Å². The molecule has 0 spiro atoms. The molecule has 150 valence electrons. The molecule has 0 unspecified atom stereocenters. The van der Waals surface area contributed by atoms with E-state index in [9.17, 15) is 13.2 Å². The van der Waals surface area contributed by atoms with Crippen LogP contribution in [-0.4, -0.2) is 38.7 Å². The van der Waals surface area contributed by atoms with Crippen molar-refractivity contribution < 1.29 is 13.2 Å². The summed E-state index contributed by atoms with van der Waals surface area (Å²) in [4.78, 5) is 15.3. The molecule has 1 aliphatic rings. The van der Waals surface area contributed by atoms with E-state index in [1.54, 1.807) is 36.4 Å². The predicted molar refractivity (Wildman–Crippen MR) is 112 cm³/mol. The molecule has 0 N–H and O–H groups in total. The number of aryl methyl sites for hydroxylation is 1. The summed E-state index contributed by atoms with van der Waals surface area (Å²) < 4.78 is 26.6. The Kier molecular flexibility index (Phi) is 7.03. The van der Waals surface area contributed by atoms with Crippen LogP contribution in [0.3, 0.4) is 0 Å². The first-order valence-electron chi connectivity index (χ1n) is 10.1. The molecule has 0 aliphatic carbocycles. The van der Waals surface area contributed by atoms with Gasteiger partial charge in [0.2, 0.25) is 0 Å². The summed E-state index contributed by atoms with van der Waals surface area (Å²) in [7, 11) is -3.64. The zero-order valence-corrected chi connectivity index (χ0v) is 17.3. The summed E-state index contributed by atoms with van der Waals surface area (Å²) in [6, 6.07) is 16.0. The van der Waals surface area contributed by atoms with Gasteiger partial charge in [-0.3, -0.25) is 4.79 Å². The number of hydrogen-bond donors (Lipinski definition) is 0. The van der Waals surface area contributed by atoms with Crippen LogP contribution in [0, 0.1) is 6.92 Å². The van der Waals surface area contributed by atoms with Gasteiger partial charge < -0.3 is 4.90 Å². The fourth-order valence-corrected chi connectivity index (χ4v) is 5.51. The highest BCUT2D eigenvalue weighted by Crippen LogP contribution is 2.32. The topological polar surface area (TPSA) is 54.5 Å². The number of sulfone groups is 1. The molecule has 0 bridgehead atoms. The number of ketones is 1. The van der Waals surface area contributed by atoms with Crippen molar-refractivity contribution in [2.24, 2.45) is 0 Å². The lowest BCUT2D eigenvalue weighted by Crippen LogP contribution is -2.32. The second kappa shape index (κ2) is 9.48. The van der Waals surface area contributed by atoms with Gasteiger partial charge >= 0.3 is 0 Å². The maximum absolute atomic E-state index is 13.3. The minimum Gasteiger partial charge on any atom is -0.303 e. The molecule has 1 saturated heterocycles. The normalized spacial score (nSPS) is 16.6. The zero-order valence-electron chi connectivity index (χ0n) is 16.5. The van der Waals surface area contributed by atoms with E-state index in [0.717, 1.165) is 25.2 Å². The van der Waals surface area contributed by atoms with Crippen LogP contribution in [0.4, 0.5) is 0 Å². The highest BCUT2D eigenvalue weighted by atomic mass is 32.2. The second-order valence-electron chi connectivity index (χ2n) is 7.65. The third kappa shape index (κ3) is 5.30. The summed E-state index contributed by atoms with van der Waals surface area (Å²) in [5.41, 5.74) is 1.68. The number of nitrogens with zero attached hydrogens (tertiary/aromatic N) is 1. The van der Waals surface area contributed by atoms with Gasteiger partial charge in [0.15, 0.2) is 9.84 Å². The fourth-order valence-electron chi connectivity index (χ4n) is 3.74. The van der Waals surface area contributed by atoms with E-state index in [1.807, 2.05) is 25.1 Å². The summed E-state index contributed by atoms with van der Waals surface area (Å²) in [6.07, 6.45) is 4.06. The highest BCUT2D eigenvalue weighted by Gasteiger charge is 2.31. The average molecular weight is 400 g/mol. The van der Waals surface area contributed by atoms with Crippen molar-refractivity contribution in [3.63, 3.8) is 0 Å². The molecule has 1 fully saturated rings. The fraction of sp³-hybridized carbons (Fsp3) is 0.435. The van der Waals surface area contributed by atoms with Gasteiger partial charge in [0.05, 0.1) is 10.1 Å². The second-order valence-corrected chi connectivity index (χ2v) is 9.78. The van der Waals surface area contributed by atoms with Gasteiger partial charge in [0.1, 0.15) is 5.78 Å². The quantitative estimate of drug-likeness (QED) is 0.662. The van der Waals surface area contributed by atoms with Gasteiger partial charge in [-0.2, -0.15) is 0 Å². The molecule has 0 amide bonds. The Labute approximate surface area is 168 Å². The van der Waals surface area contributed by atoms with Gasteiger partial charge in [-0.1, -0.05) is 54.4 Å². The average Bonchev–Trinajstić information content (AvgIpc) is 2.72. The van der Waals surface area contributed by atoms with Crippen LogP contribution in [0.1, 0.15) is 48.5 Å². The standard InChI is InChI=1S/C23H29NO3S/c1-19-10-12-22(13-11-19)28(26,27)23(20-8-4-2-5-9-20)18-21(25)14-17-24-15-6-3-7-16-24/h2,4-5,8-13,23H,3,6-7,14-18H2,1H3/t23-/m1/s1. The monoisotopic (exact) mass is 399 g/mol.